The van der Waals surface area contributed by atoms with Crippen LogP contribution in [0.2, 0.25) is 0 Å². The molecule has 0 aromatic heterocycles. The van der Waals surface area contributed by atoms with Crippen LogP contribution in [0.15, 0.2) is 36.4 Å². The van der Waals surface area contributed by atoms with Gasteiger partial charge in [-0.05, 0) is 52.0 Å². The molecule has 6 heteroatoms. The number of rotatable bonds is 5. The second kappa shape index (κ2) is 7.58. The predicted octanol–water partition coefficient (Wildman–Crippen LogP) is 3.30. The average molecular weight is 320 g/mol. The van der Waals surface area contributed by atoms with Crippen LogP contribution in [0.4, 0.5) is 4.79 Å². The summed E-state index contributed by atoms with van der Waals surface area (Å²) >= 11 is 0. The van der Waals surface area contributed by atoms with E-state index in [-0.39, 0.29) is 23.7 Å². The first-order valence-corrected chi connectivity index (χ1v) is 6.95. The molecule has 23 heavy (non-hydrogen) atoms. The van der Waals surface area contributed by atoms with Crippen molar-refractivity contribution in [3.8, 4) is 5.75 Å². The van der Waals surface area contributed by atoms with E-state index in [9.17, 15) is 14.4 Å². The molecule has 0 bridgehead atoms. The fourth-order valence-corrected chi connectivity index (χ4v) is 1.41. The maximum Gasteiger partial charge on any atom is 0.514 e. The SMILES string of the molecule is C=C(C)C(=O)OCC(=O)c1ccc(OC(=O)OC(C)(C)C)cc1. The Balaban J connectivity index is 2.59. The molecule has 0 spiro atoms. The van der Waals surface area contributed by atoms with Crippen molar-refractivity contribution in [1.29, 1.82) is 0 Å². The zero-order valence-electron chi connectivity index (χ0n) is 13.7. The zero-order valence-corrected chi connectivity index (χ0v) is 13.7. The highest BCUT2D eigenvalue weighted by Crippen LogP contribution is 2.15. The lowest BCUT2D eigenvalue weighted by Crippen LogP contribution is -2.26. The van der Waals surface area contributed by atoms with E-state index in [1.54, 1.807) is 20.8 Å². The summed E-state index contributed by atoms with van der Waals surface area (Å²) in [5.41, 5.74) is -0.102. The maximum atomic E-state index is 11.9. The molecule has 6 nitrogen and oxygen atoms in total. The Bertz CT molecular complexity index is 607. The van der Waals surface area contributed by atoms with Crippen molar-refractivity contribution in [2.75, 3.05) is 6.61 Å². The van der Waals surface area contributed by atoms with Crippen LogP contribution in [0, 0.1) is 0 Å². The first-order chi connectivity index (χ1) is 10.6. The van der Waals surface area contributed by atoms with Gasteiger partial charge in [-0.3, -0.25) is 4.79 Å². The summed E-state index contributed by atoms with van der Waals surface area (Å²) < 4.78 is 14.8. The minimum absolute atomic E-state index is 0.221. The van der Waals surface area contributed by atoms with Gasteiger partial charge < -0.3 is 14.2 Å². The molecule has 0 aliphatic rings. The third-order valence-electron chi connectivity index (χ3n) is 2.45. The summed E-state index contributed by atoms with van der Waals surface area (Å²) in [5.74, 6) is -0.749. The molecule has 0 unspecified atom stereocenters. The molecule has 0 fully saturated rings. The summed E-state index contributed by atoms with van der Waals surface area (Å²) in [6, 6.07) is 5.85. The Morgan fingerprint density at radius 2 is 1.65 bits per heavy atom. The summed E-state index contributed by atoms with van der Waals surface area (Å²) in [4.78, 5) is 34.6. The van der Waals surface area contributed by atoms with Crippen LogP contribution in [-0.4, -0.2) is 30.1 Å². The molecule has 1 aromatic carbocycles. The Morgan fingerprint density at radius 3 is 2.13 bits per heavy atom. The van der Waals surface area contributed by atoms with Gasteiger partial charge in [0.15, 0.2) is 12.4 Å². The number of ether oxygens (including phenoxy) is 3. The van der Waals surface area contributed by atoms with Crippen molar-refractivity contribution in [2.45, 2.75) is 33.3 Å². The van der Waals surface area contributed by atoms with Crippen molar-refractivity contribution in [2.24, 2.45) is 0 Å². The second-order valence-corrected chi connectivity index (χ2v) is 5.87. The Morgan fingerprint density at radius 1 is 1.09 bits per heavy atom. The largest absolute Gasteiger partial charge is 0.514 e. The van der Waals surface area contributed by atoms with Crippen molar-refractivity contribution in [3.63, 3.8) is 0 Å². The monoisotopic (exact) mass is 320 g/mol. The van der Waals surface area contributed by atoms with Gasteiger partial charge in [-0.25, -0.2) is 9.59 Å². The highest BCUT2D eigenvalue weighted by molar-refractivity contribution is 5.99. The van der Waals surface area contributed by atoms with Gasteiger partial charge >= 0.3 is 12.1 Å². The molecular weight excluding hydrogens is 300 g/mol. The molecule has 0 N–H and O–H groups in total. The summed E-state index contributed by atoms with van der Waals surface area (Å²) in [5, 5.41) is 0. The molecular formula is C17H20O6. The number of hydrogen-bond donors (Lipinski definition) is 0. The molecule has 1 rings (SSSR count). The third kappa shape index (κ3) is 6.78. The minimum Gasteiger partial charge on any atom is -0.454 e. The van der Waals surface area contributed by atoms with Gasteiger partial charge in [0.1, 0.15) is 11.4 Å². The summed E-state index contributed by atoms with van der Waals surface area (Å²) in [6.45, 7) is 9.72. The highest BCUT2D eigenvalue weighted by atomic mass is 16.7. The number of benzene rings is 1. The topological polar surface area (TPSA) is 78.9 Å². The maximum absolute atomic E-state index is 11.9. The fourth-order valence-electron chi connectivity index (χ4n) is 1.41. The average Bonchev–Trinajstić information content (AvgIpc) is 2.42. The smallest absolute Gasteiger partial charge is 0.454 e. The van der Waals surface area contributed by atoms with Gasteiger partial charge in [-0.15, -0.1) is 0 Å². The second-order valence-electron chi connectivity index (χ2n) is 5.87. The normalized spacial score (nSPS) is 10.6. The van der Waals surface area contributed by atoms with Gasteiger partial charge in [0, 0.05) is 11.1 Å². The molecule has 1 aromatic rings. The Hall–Kier alpha value is -2.63. The van der Waals surface area contributed by atoms with E-state index >= 15 is 0 Å². The van der Waals surface area contributed by atoms with E-state index in [1.165, 1.54) is 31.2 Å². The predicted molar refractivity (Wildman–Crippen MR) is 83.4 cm³/mol. The molecule has 0 aliphatic heterocycles. The third-order valence-corrected chi connectivity index (χ3v) is 2.45. The number of carbonyl (C=O) groups excluding carboxylic acids is 3. The van der Waals surface area contributed by atoms with E-state index < -0.39 is 17.7 Å². The molecule has 0 heterocycles. The van der Waals surface area contributed by atoms with Gasteiger partial charge in [-0.2, -0.15) is 0 Å². The van der Waals surface area contributed by atoms with Crippen LogP contribution >= 0.6 is 0 Å². The van der Waals surface area contributed by atoms with Crippen LogP contribution in [0.1, 0.15) is 38.1 Å². The zero-order chi connectivity index (χ0) is 17.6. The van der Waals surface area contributed by atoms with Crippen LogP contribution in [0.25, 0.3) is 0 Å². The Labute approximate surface area is 135 Å². The fraction of sp³-hybridized carbons (Fsp3) is 0.353. The Kier molecular flexibility index (Phi) is 6.07. The van der Waals surface area contributed by atoms with Crippen LogP contribution in [0.5, 0.6) is 5.75 Å². The quantitative estimate of drug-likeness (QED) is 0.358. The first-order valence-electron chi connectivity index (χ1n) is 6.95. The number of ketones is 1. The van der Waals surface area contributed by atoms with E-state index in [2.05, 4.69) is 6.58 Å². The number of carbonyl (C=O) groups is 3. The molecule has 0 saturated heterocycles. The first kappa shape index (κ1) is 18.4. The number of Topliss-reactive ketones (excluding diaryl/α,β-unsaturated/α-hetero) is 1. The van der Waals surface area contributed by atoms with E-state index in [4.69, 9.17) is 14.2 Å². The van der Waals surface area contributed by atoms with Gasteiger partial charge in [0.25, 0.3) is 0 Å². The lowest BCUT2D eigenvalue weighted by atomic mass is 10.1. The molecule has 0 aliphatic carbocycles. The lowest BCUT2D eigenvalue weighted by molar-refractivity contribution is -0.137. The summed E-state index contributed by atoms with van der Waals surface area (Å²) in [6.07, 6.45) is -0.827. The minimum atomic E-state index is -0.827. The van der Waals surface area contributed by atoms with Crippen LogP contribution < -0.4 is 4.74 Å². The van der Waals surface area contributed by atoms with Crippen LogP contribution in [0.3, 0.4) is 0 Å². The van der Waals surface area contributed by atoms with Gasteiger partial charge in [0.2, 0.25) is 0 Å². The van der Waals surface area contributed by atoms with Crippen molar-refractivity contribution in [3.05, 3.63) is 42.0 Å². The van der Waals surface area contributed by atoms with Crippen LogP contribution in [-0.2, 0) is 14.3 Å². The van der Waals surface area contributed by atoms with Crippen molar-refractivity contribution >= 4 is 17.9 Å². The van der Waals surface area contributed by atoms with E-state index in [0.717, 1.165) is 0 Å². The van der Waals surface area contributed by atoms with Crippen molar-refractivity contribution < 1.29 is 28.6 Å². The summed E-state index contributed by atoms with van der Waals surface area (Å²) in [7, 11) is 0. The molecule has 0 radical (unpaired) electrons. The molecule has 124 valence electrons. The number of esters is 1. The highest BCUT2D eigenvalue weighted by Gasteiger charge is 2.18. The van der Waals surface area contributed by atoms with E-state index in [1.807, 2.05) is 0 Å². The lowest BCUT2D eigenvalue weighted by Gasteiger charge is -2.18. The molecule has 0 amide bonds. The van der Waals surface area contributed by atoms with Crippen molar-refractivity contribution in [1.82, 2.24) is 0 Å². The van der Waals surface area contributed by atoms with Gasteiger partial charge in [0.05, 0.1) is 0 Å². The molecule has 0 saturated carbocycles. The molecule has 0 atom stereocenters. The standard InChI is InChI=1S/C17H20O6/c1-11(2)15(19)21-10-14(18)12-6-8-13(9-7-12)22-16(20)23-17(3,4)5/h6-9H,1,10H2,2-5H3. The number of hydrogen-bond acceptors (Lipinski definition) is 6. The van der Waals surface area contributed by atoms with E-state index in [0.29, 0.717) is 5.56 Å². The van der Waals surface area contributed by atoms with Gasteiger partial charge in [-0.1, -0.05) is 6.58 Å².